The van der Waals surface area contributed by atoms with E-state index in [1.165, 1.54) is 5.56 Å². The Bertz CT molecular complexity index is 465. The van der Waals surface area contributed by atoms with Crippen LogP contribution in [0.5, 0.6) is 0 Å². The van der Waals surface area contributed by atoms with Gasteiger partial charge in [0.2, 0.25) is 0 Å². The predicted molar refractivity (Wildman–Crippen MR) is 87.7 cm³/mol. The van der Waals surface area contributed by atoms with E-state index in [9.17, 15) is 0 Å². The van der Waals surface area contributed by atoms with Crippen LogP contribution in [0.4, 0.5) is 5.69 Å². The first-order valence-corrected chi connectivity index (χ1v) is 7.02. The Morgan fingerprint density at radius 3 is 2.35 bits per heavy atom. The molecule has 0 aliphatic carbocycles. The van der Waals surface area contributed by atoms with Crippen molar-refractivity contribution < 1.29 is 0 Å². The molecule has 0 saturated carbocycles. The monoisotopic (exact) mass is 293 g/mol. The summed E-state index contributed by atoms with van der Waals surface area (Å²) in [6.07, 6.45) is 0. The van der Waals surface area contributed by atoms with Crippen molar-refractivity contribution >= 4 is 23.0 Å². The minimum atomic E-state index is -0.538. The highest BCUT2D eigenvalue weighted by Gasteiger charge is 2.17. The third-order valence-corrected chi connectivity index (χ3v) is 2.53. The number of hydrogen-bond acceptors (Lipinski definition) is 4. The first-order valence-electron chi connectivity index (χ1n) is 6.61. The van der Waals surface area contributed by atoms with Gasteiger partial charge >= 0.3 is 0 Å². The molecular formula is C14H23N5S. The zero-order valence-electron chi connectivity index (χ0n) is 12.7. The van der Waals surface area contributed by atoms with E-state index < -0.39 is 5.66 Å². The molecule has 0 radical (unpaired) electrons. The van der Waals surface area contributed by atoms with Crippen molar-refractivity contribution in [1.82, 2.24) is 10.7 Å². The number of nitrogens with one attached hydrogen (secondary N) is 3. The molecule has 0 atom stereocenters. The van der Waals surface area contributed by atoms with Gasteiger partial charge in [-0.05, 0) is 59.0 Å². The van der Waals surface area contributed by atoms with Crippen LogP contribution in [0.3, 0.4) is 0 Å². The number of rotatable bonds is 5. The molecule has 0 unspecified atom stereocenters. The highest BCUT2D eigenvalue weighted by Crippen LogP contribution is 2.08. The average molecular weight is 293 g/mol. The van der Waals surface area contributed by atoms with E-state index in [0.717, 1.165) is 5.69 Å². The molecule has 110 valence electrons. The maximum absolute atomic E-state index is 5.22. The van der Waals surface area contributed by atoms with Crippen LogP contribution in [0, 0.1) is 6.92 Å². The van der Waals surface area contributed by atoms with E-state index in [0.29, 0.717) is 5.11 Å². The lowest BCUT2D eigenvalue weighted by Crippen LogP contribution is -2.48. The minimum Gasteiger partial charge on any atom is -0.336 e. The Balaban J connectivity index is 2.45. The quantitative estimate of drug-likeness (QED) is 0.442. The van der Waals surface area contributed by atoms with Gasteiger partial charge < -0.3 is 5.32 Å². The van der Waals surface area contributed by atoms with Crippen LogP contribution in [-0.2, 0) is 0 Å². The number of hydrazine groups is 1. The van der Waals surface area contributed by atoms with Gasteiger partial charge in [0.25, 0.3) is 0 Å². The van der Waals surface area contributed by atoms with Gasteiger partial charge in [0.1, 0.15) is 5.66 Å². The Kier molecular flexibility index (Phi) is 5.88. The fourth-order valence-electron chi connectivity index (χ4n) is 1.36. The first-order chi connectivity index (χ1) is 9.28. The molecule has 0 spiro atoms. The predicted octanol–water partition coefficient (Wildman–Crippen LogP) is 3.38. The fourth-order valence-corrected chi connectivity index (χ4v) is 1.66. The molecule has 0 fully saturated rings. The van der Waals surface area contributed by atoms with Gasteiger partial charge in [-0.1, -0.05) is 17.7 Å². The lowest BCUT2D eigenvalue weighted by atomic mass is 10.2. The van der Waals surface area contributed by atoms with Crippen LogP contribution in [0.1, 0.15) is 33.3 Å². The topological polar surface area (TPSA) is 60.8 Å². The molecule has 0 heterocycles. The van der Waals surface area contributed by atoms with Crippen molar-refractivity contribution in [2.75, 3.05) is 5.43 Å². The molecule has 1 aromatic rings. The first kappa shape index (κ1) is 16.4. The summed E-state index contributed by atoms with van der Waals surface area (Å²) in [5, 5.41) is 11.9. The number of thiocarbonyl (C=S) groups is 1. The Labute approximate surface area is 126 Å². The molecule has 5 nitrogen and oxygen atoms in total. The molecule has 0 aromatic heterocycles. The summed E-state index contributed by atoms with van der Waals surface area (Å²) in [5.41, 5.74) is 7.59. The second-order valence-corrected chi connectivity index (χ2v) is 5.85. The third kappa shape index (κ3) is 6.47. The van der Waals surface area contributed by atoms with Crippen molar-refractivity contribution in [3.63, 3.8) is 0 Å². The summed E-state index contributed by atoms with van der Waals surface area (Å²) in [4.78, 5) is 0. The van der Waals surface area contributed by atoms with Crippen LogP contribution in [0.2, 0.25) is 0 Å². The van der Waals surface area contributed by atoms with Crippen LogP contribution in [-0.4, -0.2) is 16.8 Å². The van der Waals surface area contributed by atoms with Crippen molar-refractivity contribution in [3.05, 3.63) is 29.8 Å². The summed E-state index contributed by atoms with van der Waals surface area (Å²) in [7, 11) is 0. The van der Waals surface area contributed by atoms with Gasteiger partial charge in [-0.25, -0.2) is 0 Å². The molecule has 1 rings (SSSR count). The molecule has 0 saturated heterocycles. The molecule has 20 heavy (non-hydrogen) atoms. The van der Waals surface area contributed by atoms with E-state index in [2.05, 4.69) is 26.4 Å². The average Bonchev–Trinajstić information content (AvgIpc) is 2.35. The van der Waals surface area contributed by atoms with Gasteiger partial charge in [-0.15, -0.1) is 0 Å². The summed E-state index contributed by atoms with van der Waals surface area (Å²) < 4.78 is 0. The van der Waals surface area contributed by atoms with Gasteiger partial charge in [0.05, 0.1) is 11.7 Å². The van der Waals surface area contributed by atoms with Gasteiger partial charge in [0, 0.05) is 0 Å². The number of benzene rings is 1. The maximum Gasteiger partial charge on any atom is 0.187 e. The van der Waals surface area contributed by atoms with Crippen molar-refractivity contribution in [1.29, 1.82) is 0 Å². The molecule has 1 aromatic carbocycles. The van der Waals surface area contributed by atoms with Crippen LogP contribution >= 0.6 is 12.2 Å². The number of aryl methyl sites for hydroxylation is 1. The molecule has 0 aliphatic rings. The summed E-state index contributed by atoms with van der Waals surface area (Å²) in [5.74, 6) is 0. The minimum absolute atomic E-state index is 0.170. The van der Waals surface area contributed by atoms with Gasteiger partial charge in [-0.3, -0.25) is 10.9 Å². The number of nitrogens with zero attached hydrogens (tertiary/aromatic N) is 2. The Hall–Kier alpha value is -1.69. The zero-order chi connectivity index (χ0) is 15.2. The second-order valence-electron chi connectivity index (χ2n) is 5.44. The van der Waals surface area contributed by atoms with Crippen LogP contribution in [0.25, 0.3) is 0 Å². The Morgan fingerprint density at radius 2 is 1.80 bits per heavy atom. The van der Waals surface area contributed by atoms with Gasteiger partial charge in [0.15, 0.2) is 5.11 Å². The smallest absolute Gasteiger partial charge is 0.187 e. The lowest BCUT2D eigenvalue weighted by Gasteiger charge is -2.23. The maximum atomic E-state index is 5.22. The van der Waals surface area contributed by atoms with Crippen LogP contribution < -0.4 is 16.2 Å². The standard InChI is InChI=1S/C14H23N5S/c1-10(2)16-19-14(4,5)15-13(20)18-17-12-8-6-11(3)7-9-12/h6-10,17H,1-5H3,(H2,15,18,20)/b19-16+. The van der Waals surface area contributed by atoms with E-state index in [1.54, 1.807) is 0 Å². The summed E-state index contributed by atoms with van der Waals surface area (Å²) in [6, 6.07) is 8.19. The number of hydrogen-bond donors (Lipinski definition) is 3. The van der Waals surface area contributed by atoms with Crippen LogP contribution in [0.15, 0.2) is 34.5 Å². The number of anilines is 1. The molecule has 0 bridgehead atoms. The summed E-state index contributed by atoms with van der Waals surface area (Å²) >= 11 is 5.22. The second kappa shape index (κ2) is 7.19. The van der Waals surface area contributed by atoms with E-state index in [1.807, 2.05) is 58.9 Å². The highest BCUT2D eigenvalue weighted by molar-refractivity contribution is 7.80. The number of azo groups is 1. The Morgan fingerprint density at radius 1 is 1.20 bits per heavy atom. The van der Waals surface area contributed by atoms with Crippen molar-refractivity contribution in [2.45, 2.75) is 46.3 Å². The highest BCUT2D eigenvalue weighted by atomic mass is 32.1. The molecule has 3 N–H and O–H groups in total. The molecule has 0 amide bonds. The molecule has 0 aliphatic heterocycles. The third-order valence-electron chi connectivity index (χ3n) is 2.33. The SMILES string of the molecule is Cc1ccc(NNC(=S)NC(C)(C)/N=N/C(C)C)cc1. The summed E-state index contributed by atoms with van der Waals surface area (Å²) in [6.45, 7) is 9.84. The normalized spacial score (nSPS) is 11.7. The zero-order valence-corrected chi connectivity index (χ0v) is 13.5. The van der Waals surface area contributed by atoms with Gasteiger partial charge in [-0.2, -0.15) is 10.2 Å². The van der Waals surface area contributed by atoms with E-state index in [4.69, 9.17) is 12.2 Å². The van der Waals surface area contributed by atoms with E-state index in [-0.39, 0.29) is 6.04 Å². The largest absolute Gasteiger partial charge is 0.336 e. The molecule has 6 heteroatoms. The lowest BCUT2D eigenvalue weighted by molar-refractivity contribution is 0.444. The van der Waals surface area contributed by atoms with Crippen molar-refractivity contribution in [3.8, 4) is 0 Å². The van der Waals surface area contributed by atoms with Crippen molar-refractivity contribution in [2.24, 2.45) is 10.2 Å². The molecular weight excluding hydrogens is 270 g/mol. The van der Waals surface area contributed by atoms with E-state index >= 15 is 0 Å². The fraction of sp³-hybridized carbons (Fsp3) is 0.500.